The maximum atomic E-state index is 13.7. The monoisotopic (exact) mass is 509 g/mol. The summed E-state index contributed by atoms with van der Waals surface area (Å²) in [7, 11) is 0. The van der Waals surface area contributed by atoms with Crippen molar-refractivity contribution in [3.05, 3.63) is 59.3 Å². The summed E-state index contributed by atoms with van der Waals surface area (Å²) in [6, 6.07) is 14.3. The average Bonchev–Trinajstić information content (AvgIpc) is 3.47. The maximum Gasteiger partial charge on any atom is 0.335 e. The molecular weight excluding hydrogens is 474 g/mol. The number of aryl methyl sites for hydroxylation is 2. The van der Waals surface area contributed by atoms with Crippen molar-refractivity contribution in [3.63, 3.8) is 0 Å². The fraction of sp³-hybridized carbons (Fsp3) is 0.438. The Morgan fingerprint density at radius 2 is 1.55 bits per heavy atom. The topological polar surface area (TPSA) is 67.5 Å². The molecule has 38 heavy (non-hydrogen) atoms. The van der Waals surface area contributed by atoms with Gasteiger partial charge in [0.25, 0.3) is 5.91 Å². The number of carbonyl (C=O) groups excluding carboxylic acids is 1. The molecule has 196 valence electrons. The van der Waals surface area contributed by atoms with Crippen molar-refractivity contribution in [3.8, 4) is 11.3 Å². The fourth-order valence-electron chi connectivity index (χ4n) is 7.41. The number of nitrogens with zero attached hydrogens (tertiary/aromatic N) is 3. The van der Waals surface area contributed by atoms with Crippen molar-refractivity contribution in [2.45, 2.75) is 76.8 Å². The summed E-state index contributed by atoms with van der Waals surface area (Å²) in [6.07, 6.45) is 10.4. The predicted molar refractivity (Wildman–Crippen MR) is 150 cm³/mol. The van der Waals surface area contributed by atoms with Crippen molar-refractivity contribution in [2.75, 3.05) is 13.1 Å². The van der Waals surface area contributed by atoms with Gasteiger partial charge < -0.3 is 19.1 Å². The van der Waals surface area contributed by atoms with E-state index in [1.807, 2.05) is 17.0 Å². The highest BCUT2D eigenvalue weighted by atomic mass is 16.4. The molecular formula is C32H35N3O3. The number of fused-ring (bicyclic) bond motifs is 4. The van der Waals surface area contributed by atoms with Crippen LogP contribution in [0.3, 0.4) is 0 Å². The third-order valence-corrected chi connectivity index (χ3v) is 9.17. The Morgan fingerprint density at radius 3 is 2.34 bits per heavy atom. The Hall–Kier alpha value is -3.54. The number of rotatable bonds is 3. The van der Waals surface area contributed by atoms with Crippen LogP contribution in [-0.4, -0.2) is 44.1 Å². The number of amides is 1. The summed E-state index contributed by atoms with van der Waals surface area (Å²) in [4.78, 5) is 27.7. The van der Waals surface area contributed by atoms with Crippen LogP contribution in [0.25, 0.3) is 33.1 Å². The Bertz CT molecular complexity index is 1560. The van der Waals surface area contributed by atoms with Crippen LogP contribution in [0.1, 0.15) is 90.1 Å². The molecule has 2 aromatic heterocycles. The van der Waals surface area contributed by atoms with E-state index in [0.29, 0.717) is 11.5 Å². The van der Waals surface area contributed by atoms with E-state index in [1.165, 1.54) is 60.7 Å². The number of carboxylic acid groups (broad SMARTS) is 1. The SMILES string of the molecule is O=C(O)c1ccc2c(C3CCCCC3)c3n(c2c1)CCCn1c(C(=O)N2CCCCC2)cc2cccc-3c21. The Labute approximate surface area is 222 Å². The fourth-order valence-corrected chi connectivity index (χ4v) is 7.41. The second kappa shape index (κ2) is 9.33. The van der Waals surface area contributed by atoms with Gasteiger partial charge >= 0.3 is 5.97 Å². The third kappa shape index (κ3) is 3.68. The number of benzene rings is 2. The number of para-hydroxylation sites is 1. The van der Waals surface area contributed by atoms with Crippen LogP contribution in [-0.2, 0) is 13.1 Å². The second-order valence-electron chi connectivity index (χ2n) is 11.4. The first-order chi connectivity index (χ1) is 18.6. The summed E-state index contributed by atoms with van der Waals surface area (Å²) in [5.74, 6) is -0.262. The number of likely N-dealkylation sites (tertiary alicyclic amines) is 1. The van der Waals surface area contributed by atoms with Gasteiger partial charge in [-0.1, -0.05) is 43.5 Å². The van der Waals surface area contributed by atoms with Crippen LogP contribution in [0, 0.1) is 0 Å². The van der Waals surface area contributed by atoms with Gasteiger partial charge in [-0.25, -0.2) is 4.79 Å². The molecule has 7 rings (SSSR count). The molecule has 1 saturated heterocycles. The van der Waals surface area contributed by atoms with Crippen LogP contribution in [0.4, 0.5) is 0 Å². The highest BCUT2D eigenvalue weighted by molar-refractivity contribution is 6.06. The van der Waals surface area contributed by atoms with Crippen LogP contribution >= 0.6 is 0 Å². The van der Waals surface area contributed by atoms with E-state index in [1.54, 1.807) is 6.07 Å². The van der Waals surface area contributed by atoms with E-state index in [-0.39, 0.29) is 5.91 Å². The van der Waals surface area contributed by atoms with E-state index in [2.05, 4.69) is 33.4 Å². The zero-order valence-corrected chi connectivity index (χ0v) is 21.9. The highest BCUT2D eigenvalue weighted by Gasteiger charge is 2.31. The Morgan fingerprint density at radius 1 is 0.789 bits per heavy atom. The summed E-state index contributed by atoms with van der Waals surface area (Å²) in [6.45, 7) is 3.26. The van der Waals surface area contributed by atoms with Gasteiger partial charge in [0.2, 0.25) is 0 Å². The molecule has 4 aromatic rings. The molecule has 2 aliphatic heterocycles. The average molecular weight is 510 g/mol. The zero-order chi connectivity index (χ0) is 25.8. The normalized spacial score (nSPS) is 18.4. The van der Waals surface area contributed by atoms with Crippen LogP contribution < -0.4 is 0 Å². The summed E-state index contributed by atoms with van der Waals surface area (Å²) >= 11 is 0. The van der Waals surface area contributed by atoms with Gasteiger partial charge in [0, 0.05) is 48.0 Å². The van der Waals surface area contributed by atoms with Gasteiger partial charge in [0.15, 0.2) is 0 Å². The summed E-state index contributed by atoms with van der Waals surface area (Å²) in [5.41, 5.74) is 7.11. The van der Waals surface area contributed by atoms with Crippen molar-refractivity contribution < 1.29 is 14.7 Å². The lowest BCUT2D eigenvalue weighted by Crippen LogP contribution is -2.36. The van der Waals surface area contributed by atoms with Crippen molar-refractivity contribution >= 4 is 33.7 Å². The lowest BCUT2D eigenvalue weighted by Gasteiger charge is -2.28. The first-order valence-corrected chi connectivity index (χ1v) is 14.4. The van der Waals surface area contributed by atoms with Gasteiger partial charge in [0.1, 0.15) is 5.69 Å². The van der Waals surface area contributed by atoms with Gasteiger partial charge in [-0.2, -0.15) is 0 Å². The molecule has 2 fully saturated rings. The number of carboxylic acids is 1. The molecule has 0 spiro atoms. The van der Waals surface area contributed by atoms with Crippen molar-refractivity contribution in [1.82, 2.24) is 14.0 Å². The van der Waals surface area contributed by atoms with Crippen LogP contribution in [0.15, 0.2) is 42.5 Å². The summed E-state index contributed by atoms with van der Waals surface area (Å²) < 4.78 is 4.68. The molecule has 0 radical (unpaired) electrons. The Balaban J connectivity index is 1.49. The van der Waals surface area contributed by atoms with Gasteiger partial charge in [-0.3, -0.25) is 4.79 Å². The van der Waals surface area contributed by atoms with E-state index < -0.39 is 5.97 Å². The number of hydrogen-bond donors (Lipinski definition) is 1. The van der Waals surface area contributed by atoms with Crippen LogP contribution in [0.2, 0.25) is 0 Å². The van der Waals surface area contributed by atoms with E-state index >= 15 is 0 Å². The van der Waals surface area contributed by atoms with Crippen molar-refractivity contribution in [1.29, 1.82) is 0 Å². The third-order valence-electron chi connectivity index (χ3n) is 9.17. The molecule has 3 aliphatic rings. The minimum atomic E-state index is -0.885. The molecule has 0 atom stereocenters. The molecule has 0 unspecified atom stereocenters. The number of piperidine rings is 1. The molecule has 1 N–H and O–H groups in total. The largest absolute Gasteiger partial charge is 0.478 e. The molecule has 2 aromatic carbocycles. The smallest absolute Gasteiger partial charge is 0.335 e. The lowest BCUT2D eigenvalue weighted by molar-refractivity contribution is 0.0693. The zero-order valence-electron chi connectivity index (χ0n) is 21.9. The second-order valence-corrected chi connectivity index (χ2v) is 11.4. The summed E-state index contributed by atoms with van der Waals surface area (Å²) in [5, 5.41) is 12.1. The van der Waals surface area contributed by atoms with Gasteiger partial charge in [0.05, 0.1) is 16.8 Å². The first kappa shape index (κ1) is 23.6. The van der Waals surface area contributed by atoms with Gasteiger partial charge in [-0.05, 0) is 68.2 Å². The minimum absolute atomic E-state index is 0.159. The molecule has 4 heterocycles. The number of aromatic nitrogens is 2. The van der Waals surface area contributed by atoms with Crippen LogP contribution in [0.5, 0.6) is 0 Å². The molecule has 1 aliphatic carbocycles. The van der Waals surface area contributed by atoms with E-state index in [4.69, 9.17) is 0 Å². The minimum Gasteiger partial charge on any atom is -0.478 e. The van der Waals surface area contributed by atoms with Gasteiger partial charge in [-0.15, -0.1) is 0 Å². The number of aromatic carboxylic acids is 1. The highest BCUT2D eigenvalue weighted by Crippen LogP contribution is 2.47. The molecule has 1 amide bonds. The molecule has 0 bridgehead atoms. The Kier molecular flexibility index (Phi) is 5.79. The predicted octanol–water partition coefficient (Wildman–Crippen LogP) is 7.04. The van der Waals surface area contributed by atoms with Crippen molar-refractivity contribution in [2.24, 2.45) is 0 Å². The first-order valence-electron chi connectivity index (χ1n) is 14.4. The number of carbonyl (C=O) groups is 2. The molecule has 1 saturated carbocycles. The lowest BCUT2D eigenvalue weighted by atomic mass is 9.81. The molecule has 6 nitrogen and oxygen atoms in total. The standard InChI is InChI=1S/C32H35N3O3/c36-31(33-15-5-2-6-16-33)27-19-22-11-7-12-25-29(22)35(27)18-8-17-34-26-20-23(32(37)38)13-14-24(26)28(30(25)34)21-9-3-1-4-10-21/h7,11-14,19-21H,1-6,8-10,15-18H2,(H,37,38). The quantitative estimate of drug-likeness (QED) is 0.322. The number of hydrogen-bond acceptors (Lipinski definition) is 2. The van der Waals surface area contributed by atoms with E-state index in [0.717, 1.165) is 67.6 Å². The maximum absolute atomic E-state index is 13.7. The molecule has 6 heteroatoms. The van der Waals surface area contributed by atoms with E-state index in [9.17, 15) is 14.7 Å².